The van der Waals surface area contributed by atoms with Crippen molar-refractivity contribution in [3.05, 3.63) is 12.2 Å². The maximum Gasteiger partial charge on any atom is 0.0827 e. The van der Waals surface area contributed by atoms with Crippen LogP contribution in [0.15, 0.2) is 17.3 Å². The first-order valence-electron chi connectivity index (χ1n) is 4.47. The van der Waals surface area contributed by atoms with Gasteiger partial charge in [-0.3, -0.25) is 0 Å². The van der Waals surface area contributed by atoms with Gasteiger partial charge in [0.05, 0.1) is 5.71 Å². The van der Waals surface area contributed by atoms with E-state index in [2.05, 4.69) is 25.6 Å². The lowest BCUT2D eigenvalue weighted by Gasteiger charge is -2.57. The summed E-state index contributed by atoms with van der Waals surface area (Å²) in [6, 6.07) is 0. The molecule has 0 heterocycles. The SMILES string of the molecule is C=C1/C(=N\O)C[C@H]2C[C@H]1C2(C)C. The molecule has 0 radical (unpaired) electrons. The Balaban J connectivity index is 2.28. The van der Waals surface area contributed by atoms with Gasteiger partial charge in [0.2, 0.25) is 0 Å². The summed E-state index contributed by atoms with van der Waals surface area (Å²) in [6.45, 7) is 8.56. The van der Waals surface area contributed by atoms with Crippen LogP contribution in [0.1, 0.15) is 26.7 Å². The van der Waals surface area contributed by atoms with Crippen LogP contribution in [-0.2, 0) is 0 Å². The predicted octanol–water partition coefficient (Wildman–Crippen LogP) is 2.44. The number of hydrogen-bond donors (Lipinski definition) is 1. The van der Waals surface area contributed by atoms with Crippen molar-refractivity contribution < 1.29 is 5.21 Å². The van der Waals surface area contributed by atoms with E-state index in [0.29, 0.717) is 17.3 Å². The maximum atomic E-state index is 8.70. The van der Waals surface area contributed by atoms with Crippen LogP contribution in [0.2, 0.25) is 0 Å². The van der Waals surface area contributed by atoms with E-state index in [1.807, 2.05) is 0 Å². The number of fused-ring (bicyclic) bond motifs is 2. The molecule has 3 rings (SSSR count). The number of allylic oxidation sites excluding steroid dienone is 1. The van der Waals surface area contributed by atoms with Crippen LogP contribution in [-0.4, -0.2) is 10.9 Å². The van der Waals surface area contributed by atoms with Gasteiger partial charge in [-0.1, -0.05) is 25.6 Å². The van der Waals surface area contributed by atoms with Gasteiger partial charge >= 0.3 is 0 Å². The van der Waals surface area contributed by atoms with E-state index in [1.54, 1.807) is 0 Å². The summed E-state index contributed by atoms with van der Waals surface area (Å²) in [6.07, 6.45) is 2.16. The Morgan fingerprint density at radius 3 is 2.67 bits per heavy atom. The van der Waals surface area contributed by atoms with E-state index >= 15 is 0 Å². The van der Waals surface area contributed by atoms with Gasteiger partial charge < -0.3 is 5.21 Å². The summed E-state index contributed by atoms with van der Waals surface area (Å²) in [4.78, 5) is 0. The van der Waals surface area contributed by atoms with Crippen molar-refractivity contribution in [3.63, 3.8) is 0 Å². The van der Waals surface area contributed by atoms with Crippen LogP contribution in [0.4, 0.5) is 0 Å². The fourth-order valence-corrected chi connectivity index (χ4v) is 2.62. The van der Waals surface area contributed by atoms with Crippen molar-refractivity contribution in [3.8, 4) is 0 Å². The molecule has 3 fully saturated rings. The van der Waals surface area contributed by atoms with Gasteiger partial charge in [-0.25, -0.2) is 0 Å². The molecule has 3 aliphatic rings. The molecule has 2 bridgehead atoms. The molecule has 0 aromatic rings. The van der Waals surface area contributed by atoms with Crippen molar-refractivity contribution in [1.29, 1.82) is 0 Å². The van der Waals surface area contributed by atoms with Crippen molar-refractivity contribution in [1.82, 2.24) is 0 Å². The van der Waals surface area contributed by atoms with Crippen LogP contribution in [0.3, 0.4) is 0 Å². The molecule has 1 N–H and O–H groups in total. The van der Waals surface area contributed by atoms with Gasteiger partial charge in [0.25, 0.3) is 0 Å². The molecule has 3 saturated carbocycles. The molecule has 0 amide bonds. The van der Waals surface area contributed by atoms with Crippen LogP contribution >= 0.6 is 0 Å². The third-order valence-electron chi connectivity index (χ3n) is 3.82. The Morgan fingerprint density at radius 1 is 1.58 bits per heavy atom. The lowest BCUT2D eigenvalue weighted by molar-refractivity contribution is 0.000700. The number of rotatable bonds is 0. The molecule has 3 aliphatic carbocycles. The van der Waals surface area contributed by atoms with Crippen molar-refractivity contribution in [2.24, 2.45) is 22.4 Å². The molecule has 2 nitrogen and oxygen atoms in total. The molecule has 12 heavy (non-hydrogen) atoms. The Bertz CT molecular complexity index is 265. The van der Waals surface area contributed by atoms with Crippen molar-refractivity contribution in [2.75, 3.05) is 0 Å². The van der Waals surface area contributed by atoms with Crippen molar-refractivity contribution in [2.45, 2.75) is 26.7 Å². The van der Waals surface area contributed by atoms with Crippen LogP contribution in [0.5, 0.6) is 0 Å². The summed E-state index contributed by atoms with van der Waals surface area (Å²) in [5.74, 6) is 1.26. The van der Waals surface area contributed by atoms with Gasteiger partial charge in [0, 0.05) is 0 Å². The third-order valence-corrected chi connectivity index (χ3v) is 3.82. The Morgan fingerprint density at radius 2 is 2.25 bits per heavy atom. The summed E-state index contributed by atoms with van der Waals surface area (Å²) in [5, 5.41) is 12.0. The highest BCUT2D eigenvalue weighted by atomic mass is 16.4. The van der Waals surface area contributed by atoms with Crippen molar-refractivity contribution >= 4 is 5.71 Å². The molecule has 66 valence electrons. The maximum absolute atomic E-state index is 8.70. The Kier molecular flexibility index (Phi) is 1.39. The highest BCUT2D eigenvalue weighted by Gasteiger charge is 2.53. The minimum Gasteiger partial charge on any atom is -0.411 e. The fraction of sp³-hybridized carbons (Fsp3) is 0.700. The van der Waals surface area contributed by atoms with E-state index in [9.17, 15) is 0 Å². The minimum atomic E-state index is 0.394. The van der Waals surface area contributed by atoms with E-state index in [-0.39, 0.29) is 0 Å². The first-order valence-corrected chi connectivity index (χ1v) is 4.47. The summed E-state index contributed by atoms with van der Waals surface area (Å²) >= 11 is 0. The normalized spacial score (nSPS) is 41.2. The molecular formula is C10H15NO. The molecule has 2 atom stereocenters. The predicted molar refractivity (Wildman–Crippen MR) is 48.4 cm³/mol. The second kappa shape index (κ2) is 2.12. The van der Waals surface area contributed by atoms with Crippen LogP contribution in [0.25, 0.3) is 0 Å². The topological polar surface area (TPSA) is 32.6 Å². The lowest BCUT2D eigenvalue weighted by atomic mass is 9.47. The lowest BCUT2D eigenvalue weighted by Crippen LogP contribution is -2.52. The quantitative estimate of drug-likeness (QED) is 0.434. The highest BCUT2D eigenvalue weighted by Crippen LogP contribution is 2.59. The molecule has 0 aliphatic heterocycles. The van der Waals surface area contributed by atoms with Gasteiger partial charge in [-0.05, 0) is 35.7 Å². The molecular weight excluding hydrogens is 150 g/mol. The van der Waals surface area contributed by atoms with Gasteiger partial charge in [-0.15, -0.1) is 0 Å². The monoisotopic (exact) mass is 165 g/mol. The average Bonchev–Trinajstić information content (AvgIpc) is 2.03. The largest absolute Gasteiger partial charge is 0.411 e. The standard InChI is InChI=1S/C10H15NO/c1-6-8-4-7(10(8,2)3)5-9(6)11-12/h7-8,12H,1,4-5H2,2-3H3/b11-9-/t7-,8-/m1/s1. The van der Waals surface area contributed by atoms with Gasteiger partial charge in [0.15, 0.2) is 0 Å². The highest BCUT2D eigenvalue weighted by molar-refractivity contribution is 6.01. The molecule has 0 aromatic heterocycles. The zero-order valence-corrected chi connectivity index (χ0v) is 7.67. The van der Waals surface area contributed by atoms with E-state index < -0.39 is 0 Å². The first-order chi connectivity index (χ1) is 5.57. The first kappa shape index (κ1) is 7.84. The zero-order chi connectivity index (χ0) is 8.93. The molecule has 2 heteroatoms. The van der Waals surface area contributed by atoms with E-state index in [1.165, 1.54) is 6.42 Å². The van der Waals surface area contributed by atoms with Crippen LogP contribution in [0, 0.1) is 17.3 Å². The molecule has 0 aromatic carbocycles. The minimum absolute atomic E-state index is 0.394. The second-order valence-corrected chi connectivity index (χ2v) is 4.58. The van der Waals surface area contributed by atoms with Gasteiger partial charge in [0.1, 0.15) is 0 Å². The molecule has 0 spiro atoms. The molecule has 0 unspecified atom stereocenters. The molecule has 0 saturated heterocycles. The zero-order valence-electron chi connectivity index (χ0n) is 7.67. The smallest absolute Gasteiger partial charge is 0.0827 e. The van der Waals surface area contributed by atoms with E-state index in [0.717, 1.165) is 17.7 Å². The Hall–Kier alpha value is -0.790. The third kappa shape index (κ3) is 0.728. The fourth-order valence-electron chi connectivity index (χ4n) is 2.62. The summed E-state index contributed by atoms with van der Waals surface area (Å²) in [5.41, 5.74) is 2.28. The van der Waals surface area contributed by atoms with Crippen LogP contribution < -0.4 is 0 Å². The number of nitrogens with zero attached hydrogens (tertiary/aromatic N) is 1. The number of hydrogen-bond acceptors (Lipinski definition) is 2. The average molecular weight is 165 g/mol. The van der Waals surface area contributed by atoms with E-state index in [4.69, 9.17) is 5.21 Å². The summed E-state index contributed by atoms with van der Waals surface area (Å²) < 4.78 is 0. The van der Waals surface area contributed by atoms with Gasteiger partial charge in [-0.2, -0.15) is 0 Å². The second-order valence-electron chi connectivity index (χ2n) is 4.58. The Labute approximate surface area is 73.0 Å². The number of oxime groups is 1. The summed E-state index contributed by atoms with van der Waals surface area (Å²) in [7, 11) is 0.